The second-order valence-corrected chi connectivity index (χ2v) is 8.29. The number of nitrogens with zero attached hydrogens (tertiary/aromatic N) is 3. The smallest absolute Gasteiger partial charge is 0.151 e. The Hall–Kier alpha value is -1.69. The van der Waals surface area contributed by atoms with Gasteiger partial charge in [0.15, 0.2) is 11.5 Å². The maximum absolute atomic E-state index is 6.15. The Bertz CT molecular complexity index is 774. The molecule has 0 amide bonds. The molecule has 0 unspecified atom stereocenters. The van der Waals surface area contributed by atoms with Gasteiger partial charge in [0.1, 0.15) is 0 Å². The van der Waals surface area contributed by atoms with Crippen LogP contribution >= 0.6 is 11.8 Å². The quantitative estimate of drug-likeness (QED) is 0.531. The summed E-state index contributed by atoms with van der Waals surface area (Å²) >= 11 is 1.78. The molecule has 4 nitrogen and oxygen atoms in total. The molecule has 2 aromatic carbocycles. The topological polar surface area (TPSA) is 19.0 Å². The van der Waals surface area contributed by atoms with Gasteiger partial charge in [0.05, 0.1) is 11.4 Å². The molecule has 0 aliphatic carbocycles. The van der Waals surface area contributed by atoms with Gasteiger partial charge < -0.3 is 19.4 Å². The first-order valence-electron chi connectivity index (χ1n) is 9.88. The number of piperazine rings is 1. The first kappa shape index (κ1) is 18.7. The molecule has 0 spiro atoms. The molecule has 0 bridgehead atoms. The van der Waals surface area contributed by atoms with E-state index in [1.807, 2.05) is 6.07 Å². The highest BCUT2D eigenvalue weighted by Crippen LogP contribution is 2.47. The molecular formula is C22H29N3OS. The van der Waals surface area contributed by atoms with Crippen LogP contribution in [-0.2, 0) is 0 Å². The van der Waals surface area contributed by atoms with Crippen LogP contribution in [0.25, 0.3) is 0 Å². The van der Waals surface area contributed by atoms with E-state index < -0.39 is 0 Å². The molecule has 1 fully saturated rings. The van der Waals surface area contributed by atoms with E-state index in [1.54, 1.807) is 11.8 Å². The van der Waals surface area contributed by atoms with Gasteiger partial charge in [-0.15, -0.1) is 11.8 Å². The Labute approximate surface area is 167 Å². The lowest BCUT2D eigenvalue weighted by atomic mass is 10.1. The lowest BCUT2D eigenvalue weighted by Gasteiger charge is -2.34. The largest absolute Gasteiger partial charge is 0.453 e. The summed E-state index contributed by atoms with van der Waals surface area (Å²) in [5.41, 5.74) is 2.38. The van der Waals surface area contributed by atoms with Gasteiger partial charge in [-0.25, -0.2) is 0 Å². The normalized spacial score (nSPS) is 17.3. The van der Waals surface area contributed by atoms with Gasteiger partial charge in [0.2, 0.25) is 0 Å². The van der Waals surface area contributed by atoms with Crippen molar-refractivity contribution in [3.8, 4) is 11.5 Å². The molecule has 0 radical (unpaired) electrons. The summed E-state index contributed by atoms with van der Waals surface area (Å²) in [7, 11) is 2.22. The number of fused-ring (bicyclic) bond motifs is 2. The van der Waals surface area contributed by atoms with Gasteiger partial charge >= 0.3 is 0 Å². The fourth-order valence-electron chi connectivity index (χ4n) is 3.85. The fourth-order valence-corrected chi connectivity index (χ4v) is 4.29. The molecule has 2 aliphatic heterocycles. The van der Waals surface area contributed by atoms with Crippen molar-refractivity contribution >= 4 is 23.1 Å². The predicted molar refractivity (Wildman–Crippen MR) is 115 cm³/mol. The summed E-state index contributed by atoms with van der Waals surface area (Å²) in [5, 5.41) is 0. The highest BCUT2D eigenvalue weighted by atomic mass is 32.2. The number of likely N-dealkylation sites (N-methyl/N-ethyl adjacent to an activating group) is 1. The van der Waals surface area contributed by atoms with Crippen LogP contribution in [0.1, 0.15) is 12.8 Å². The number of para-hydroxylation sites is 2. The van der Waals surface area contributed by atoms with Crippen molar-refractivity contribution in [1.29, 1.82) is 0 Å². The monoisotopic (exact) mass is 383 g/mol. The number of ether oxygens (including phenoxy) is 1. The van der Waals surface area contributed by atoms with Crippen LogP contribution in [0.3, 0.4) is 0 Å². The van der Waals surface area contributed by atoms with Crippen molar-refractivity contribution < 1.29 is 4.74 Å². The van der Waals surface area contributed by atoms with Crippen LogP contribution in [0.4, 0.5) is 11.4 Å². The first-order chi connectivity index (χ1) is 13.2. The first-order valence-corrected chi connectivity index (χ1v) is 11.1. The van der Waals surface area contributed by atoms with Gasteiger partial charge in [-0.2, -0.15) is 0 Å². The van der Waals surface area contributed by atoms with Crippen molar-refractivity contribution in [2.75, 3.05) is 57.5 Å². The van der Waals surface area contributed by atoms with Gasteiger partial charge in [-0.1, -0.05) is 12.1 Å². The standard InChI is InChI=1S/C22H29N3OS/c1-23-13-15-24(16-14-23)11-5-6-12-25-19-7-3-4-8-21(19)26-22-10-9-18(27-2)17-20(22)25/h3-4,7-10,17H,5-6,11-16H2,1-2H3. The van der Waals surface area contributed by atoms with Crippen LogP contribution in [0.5, 0.6) is 11.5 Å². The van der Waals surface area contributed by atoms with E-state index >= 15 is 0 Å². The highest BCUT2D eigenvalue weighted by molar-refractivity contribution is 7.98. The van der Waals surface area contributed by atoms with E-state index in [2.05, 4.69) is 64.4 Å². The third-order valence-electron chi connectivity index (χ3n) is 5.53. The second-order valence-electron chi connectivity index (χ2n) is 7.41. The summed E-state index contributed by atoms with van der Waals surface area (Å²) < 4.78 is 6.15. The number of benzene rings is 2. The molecule has 1 saturated heterocycles. The van der Waals surface area contributed by atoms with E-state index in [0.29, 0.717) is 0 Å². The molecule has 0 atom stereocenters. The van der Waals surface area contributed by atoms with E-state index in [0.717, 1.165) is 18.0 Å². The van der Waals surface area contributed by atoms with E-state index in [-0.39, 0.29) is 0 Å². The molecule has 144 valence electrons. The zero-order chi connectivity index (χ0) is 18.6. The molecule has 0 aromatic heterocycles. The van der Waals surface area contributed by atoms with Gasteiger partial charge in [0.25, 0.3) is 0 Å². The van der Waals surface area contributed by atoms with Crippen LogP contribution in [0, 0.1) is 0 Å². The maximum atomic E-state index is 6.15. The van der Waals surface area contributed by atoms with Crippen LogP contribution in [0.2, 0.25) is 0 Å². The molecule has 0 saturated carbocycles. The van der Waals surface area contributed by atoms with Crippen LogP contribution < -0.4 is 9.64 Å². The fraction of sp³-hybridized carbons (Fsp3) is 0.455. The summed E-state index contributed by atoms with van der Waals surface area (Å²) in [6.45, 7) is 7.04. The number of rotatable bonds is 6. The minimum atomic E-state index is 0.959. The van der Waals surface area contributed by atoms with Crippen molar-refractivity contribution in [1.82, 2.24) is 9.80 Å². The molecule has 2 aliphatic rings. The Morgan fingerprint density at radius 2 is 1.63 bits per heavy atom. The minimum Gasteiger partial charge on any atom is -0.453 e. The molecule has 0 N–H and O–H groups in total. The Morgan fingerprint density at radius 1 is 0.889 bits per heavy atom. The van der Waals surface area contributed by atoms with Crippen LogP contribution in [-0.4, -0.2) is 62.4 Å². The Kier molecular flexibility index (Phi) is 5.91. The number of hydrogen-bond donors (Lipinski definition) is 0. The Balaban J connectivity index is 1.43. The number of unbranched alkanes of at least 4 members (excludes halogenated alkanes) is 1. The Morgan fingerprint density at radius 3 is 2.44 bits per heavy atom. The number of hydrogen-bond acceptors (Lipinski definition) is 5. The average Bonchev–Trinajstić information content (AvgIpc) is 2.71. The lowest BCUT2D eigenvalue weighted by Crippen LogP contribution is -2.44. The van der Waals surface area contributed by atoms with Crippen molar-refractivity contribution in [2.24, 2.45) is 0 Å². The SMILES string of the molecule is CSc1ccc2c(c1)N(CCCCN1CCN(C)CC1)c1ccccc1O2. The zero-order valence-corrected chi connectivity index (χ0v) is 17.2. The maximum Gasteiger partial charge on any atom is 0.151 e. The third kappa shape index (κ3) is 4.26. The second kappa shape index (κ2) is 8.55. The predicted octanol–water partition coefficient (Wildman–Crippen LogP) is 4.68. The molecule has 4 rings (SSSR count). The summed E-state index contributed by atoms with van der Waals surface area (Å²) in [5.74, 6) is 1.92. The summed E-state index contributed by atoms with van der Waals surface area (Å²) in [4.78, 5) is 8.74. The third-order valence-corrected chi connectivity index (χ3v) is 6.26. The van der Waals surface area contributed by atoms with Crippen molar-refractivity contribution in [2.45, 2.75) is 17.7 Å². The van der Waals surface area contributed by atoms with E-state index in [9.17, 15) is 0 Å². The molecule has 2 heterocycles. The van der Waals surface area contributed by atoms with E-state index in [1.165, 1.54) is 61.8 Å². The van der Waals surface area contributed by atoms with Gasteiger partial charge in [-0.05, 0) is 63.0 Å². The lowest BCUT2D eigenvalue weighted by molar-refractivity contribution is 0.152. The van der Waals surface area contributed by atoms with Gasteiger partial charge in [-0.3, -0.25) is 0 Å². The number of thioether (sulfide) groups is 1. The van der Waals surface area contributed by atoms with Crippen molar-refractivity contribution in [3.05, 3.63) is 42.5 Å². The summed E-state index contributed by atoms with van der Waals surface area (Å²) in [6, 6.07) is 14.9. The van der Waals surface area contributed by atoms with E-state index in [4.69, 9.17) is 4.74 Å². The molecule has 27 heavy (non-hydrogen) atoms. The molecular weight excluding hydrogens is 354 g/mol. The zero-order valence-electron chi connectivity index (χ0n) is 16.4. The highest BCUT2D eigenvalue weighted by Gasteiger charge is 2.24. The molecule has 5 heteroatoms. The van der Waals surface area contributed by atoms with Gasteiger partial charge in [0, 0.05) is 37.6 Å². The minimum absolute atomic E-state index is 0.959. The molecule has 2 aromatic rings. The average molecular weight is 384 g/mol. The number of anilines is 2. The summed E-state index contributed by atoms with van der Waals surface area (Å²) in [6.07, 6.45) is 4.55. The van der Waals surface area contributed by atoms with Crippen molar-refractivity contribution in [3.63, 3.8) is 0 Å². The van der Waals surface area contributed by atoms with Crippen LogP contribution in [0.15, 0.2) is 47.4 Å².